The Hall–Kier alpha value is -2.55. The SMILES string of the molecule is O=C(NCc1cccc(-c2cc(C(F)(F)F)cc(C(F)(F)F)c2)c1)C1CCCO1. The van der Waals surface area contributed by atoms with Crippen LogP contribution in [0.3, 0.4) is 0 Å². The van der Waals surface area contributed by atoms with Crippen molar-refractivity contribution >= 4 is 5.91 Å². The zero-order valence-electron chi connectivity index (χ0n) is 15.0. The molecule has 1 aliphatic rings. The second-order valence-electron chi connectivity index (χ2n) is 6.71. The molecule has 9 heteroatoms. The molecule has 0 aliphatic carbocycles. The summed E-state index contributed by atoms with van der Waals surface area (Å²) in [5.41, 5.74) is -2.23. The van der Waals surface area contributed by atoms with Gasteiger partial charge in [-0.15, -0.1) is 0 Å². The van der Waals surface area contributed by atoms with E-state index in [9.17, 15) is 31.1 Å². The third kappa shape index (κ3) is 5.29. The average molecular weight is 417 g/mol. The number of ether oxygens (including phenoxy) is 1. The maximum absolute atomic E-state index is 13.1. The minimum Gasteiger partial charge on any atom is -0.368 e. The molecular formula is C20H17F6NO2. The van der Waals surface area contributed by atoms with Gasteiger partial charge in [0.2, 0.25) is 5.91 Å². The Labute approximate surface area is 162 Å². The summed E-state index contributed by atoms with van der Waals surface area (Å²) in [5.74, 6) is -0.300. The molecule has 0 spiro atoms. The van der Waals surface area contributed by atoms with Gasteiger partial charge in [-0.05, 0) is 53.8 Å². The highest BCUT2D eigenvalue weighted by molar-refractivity contribution is 5.81. The molecule has 0 bridgehead atoms. The van der Waals surface area contributed by atoms with Crippen LogP contribution in [-0.2, 0) is 28.4 Å². The third-order valence-electron chi connectivity index (χ3n) is 4.54. The fourth-order valence-corrected chi connectivity index (χ4v) is 3.07. The molecule has 1 fully saturated rings. The van der Waals surface area contributed by atoms with Gasteiger partial charge in [0, 0.05) is 13.2 Å². The van der Waals surface area contributed by atoms with E-state index < -0.39 is 29.6 Å². The van der Waals surface area contributed by atoms with Crippen molar-refractivity contribution in [2.45, 2.75) is 37.8 Å². The first-order valence-electron chi connectivity index (χ1n) is 8.82. The summed E-state index contributed by atoms with van der Waals surface area (Å²) in [5, 5.41) is 2.67. The number of halogens is 6. The van der Waals surface area contributed by atoms with E-state index in [1.54, 1.807) is 6.07 Å². The quantitative estimate of drug-likeness (QED) is 0.696. The Morgan fingerprint density at radius 1 is 0.966 bits per heavy atom. The highest BCUT2D eigenvalue weighted by Gasteiger charge is 2.37. The monoisotopic (exact) mass is 417 g/mol. The van der Waals surface area contributed by atoms with Gasteiger partial charge in [0.05, 0.1) is 11.1 Å². The molecule has 156 valence electrons. The largest absolute Gasteiger partial charge is 0.416 e. The van der Waals surface area contributed by atoms with Crippen LogP contribution in [0, 0.1) is 0 Å². The molecule has 3 rings (SSSR count). The van der Waals surface area contributed by atoms with Crippen LogP contribution < -0.4 is 5.32 Å². The number of nitrogens with one attached hydrogen (secondary N) is 1. The maximum atomic E-state index is 13.1. The molecule has 2 aromatic carbocycles. The molecule has 29 heavy (non-hydrogen) atoms. The second kappa shape index (κ2) is 8.06. The van der Waals surface area contributed by atoms with Crippen molar-refractivity contribution in [3.05, 3.63) is 59.2 Å². The van der Waals surface area contributed by atoms with Crippen molar-refractivity contribution in [2.75, 3.05) is 6.61 Å². The topological polar surface area (TPSA) is 38.3 Å². The summed E-state index contributed by atoms with van der Waals surface area (Å²) < 4.78 is 83.6. The van der Waals surface area contributed by atoms with Crippen molar-refractivity contribution in [1.82, 2.24) is 5.32 Å². The van der Waals surface area contributed by atoms with Gasteiger partial charge < -0.3 is 10.1 Å². The highest BCUT2D eigenvalue weighted by Crippen LogP contribution is 2.38. The summed E-state index contributed by atoms with van der Waals surface area (Å²) >= 11 is 0. The summed E-state index contributed by atoms with van der Waals surface area (Å²) in [6, 6.07) is 7.45. The fourth-order valence-electron chi connectivity index (χ4n) is 3.07. The minimum atomic E-state index is -4.91. The van der Waals surface area contributed by atoms with Crippen LogP contribution in [0.25, 0.3) is 11.1 Å². The number of benzene rings is 2. The first kappa shape index (κ1) is 21.2. The van der Waals surface area contributed by atoms with Crippen LogP contribution in [0.2, 0.25) is 0 Å². The third-order valence-corrected chi connectivity index (χ3v) is 4.54. The van der Waals surface area contributed by atoms with E-state index in [1.807, 2.05) is 0 Å². The summed E-state index contributed by atoms with van der Waals surface area (Å²) in [6.07, 6.45) is -8.97. The lowest BCUT2D eigenvalue weighted by atomic mass is 9.98. The van der Waals surface area contributed by atoms with Gasteiger partial charge >= 0.3 is 12.4 Å². The summed E-state index contributed by atoms with van der Waals surface area (Å²) in [7, 11) is 0. The molecule has 1 atom stereocenters. The molecule has 1 unspecified atom stereocenters. The molecule has 0 radical (unpaired) electrons. The van der Waals surface area contributed by atoms with Crippen molar-refractivity contribution in [3.8, 4) is 11.1 Å². The van der Waals surface area contributed by atoms with E-state index in [0.717, 1.165) is 6.42 Å². The number of carbonyl (C=O) groups excluding carboxylic acids is 1. The number of hydrogen-bond donors (Lipinski definition) is 1. The average Bonchev–Trinajstić information content (AvgIpc) is 3.19. The number of hydrogen-bond acceptors (Lipinski definition) is 2. The van der Waals surface area contributed by atoms with E-state index in [1.165, 1.54) is 18.2 Å². The van der Waals surface area contributed by atoms with Gasteiger partial charge in [0.1, 0.15) is 6.10 Å². The molecule has 1 heterocycles. The highest BCUT2D eigenvalue weighted by atomic mass is 19.4. The number of alkyl halides is 6. The maximum Gasteiger partial charge on any atom is 0.416 e. The van der Waals surface area contributed by atoms with Crippen LogP contribution in [0.15, 0.2) is 42.5 Å². The number of rotatable bonds is 4. The lowest BCUT2D eigenvalue weighted by Crippen LogP contribution is -2.33. The van der Waals surface area contributed by atoms with Gasteiger partial charge in [-0.1, -0.05) is 18.2 Å². The van der Waals surface area contributed by atoms with Gasteiger partial charge in [-0.3, -0.25) is 4.79 Å². The van der Waals surface area contributed by atoms with Crippen LogP contribution in [0.4, 0.5) is 26.3 Å². The standard InChI is InChI=1S/C20H17F6NO2/c21-19(22,23)15-8-14(9-16(10-15)20(24,25)26)13-4-1-3-12(7-13)11-27-18(28)17-5-2-6-29-17/h1,3-4,7-10,17H,2,5-6,11H2,(H,27,28). The van der Waals surface area contributed by atoms with Gasteiger partial charge in [0.25, 0.3) is 0 Å². The van der Waals surface area contributed by atoms with E-state index in [-0.39, 0.29) is 29.6 Å². The lowest BCUT2D eigenvalue weighted by molar-refractivity contribution is -0.143. The van der Waals surface area contributed by atoms with E-state index in [0.29, 0.717) is 30.7 Å². The van der Waals surface area contributed by atoms with Gasteiger partial charge in [0.15, 0.2) is 0 Å². The van der Waals surface area contributed by atoms with Crippen molar-refractivity contribution < 1.29 is 35.9 Å². The van der Waals surface area contributed by atoms with Crippen LogP contribution in [0.1, 0.15) is 29.5 Å². The van der Waals surface area contributed by atoms with Crippen LogP contribution in [0.5, 0.6) is 0 Å². The first-order chi connectivity index (χ1) is 13.5. The predicted molar refractivity (Wildman–Crippen MR) is 92.7 cm³/mol. The predicted octanol–water partition coefficient (Wildman–Crippen LogP) is 5.19. The van der Waals surface area contributed by atoms with Crippen molar-refractivity contribution in [3.63, 3.8) is 0 Å². The Balaban J connectivity index is 1.86. The van der Waals surface area contributed by atoms with Crippen LogP contribution >= 0.6 is 0 Å². The van der Waals surface area contributed by atoms with E-state index in [4.69, 9.17) is 4.74 Å². The van der Waals surface area contributed by atoms with Crippen molar-refractivity contribution in [2.24, 2.45) is 0 Å². The second-order valence-corrected chi connectivity index (χ2v) is 6.71. The van der Waals surface area contributed by atoms with E-state index >= 15 is 0 Å². The molecule has 0 aromatic heterocycles. The molecule has 1 amide bonds. The Bertz CT molecular complexity index is 853. The lowest BCUT2D eigenvalue weighted by Gasteiger charge is -2.15. The minimum absolute atomic E-state index is 0.0810. The smallest absolute Gasteiger partial charge is 0.368 e. The summed E-state index contributed by atoms with van der Waals surface area (Å²) in [6.45, 7) is 0.586. The normalized spacial score (nSPS) is 17.4. The van der Waals surface area contributed by atoms with Crippen LogP contribution in [-0.4, -0.2) is 18.6 Å². The number of amides is 1. The molecular weight excluding hydrogens is 400 g/mol. The Morgan fingerprint density at radius 3 is 2.17 bits per heavy atom. The molecule has 1 saturated heterocycles. The Morgan fingerprint density at radius 2 is 1.62 bits per heavy atom. The molecule has 0 saturated carbocycles. The zero-order valence-corrected chi connectivity index (χ0v) is 15.0. The Kier molecular flexibility index (Phi) is 5.88. The first-order valence-corrected chi connectivity index (χ1v) is 8.82. The van der Waals surface area contributed by atoms with Gasteiger partial charge in [-0.25, -0.2) is 0 Å². The van der Waals surface area contributed by atoms with Gasteiger partial charge in [-0.2, -0.15) is 26.3 Å². The van der Waals surface area contributed by atoms with Crippen molar-refractivity contribution in [1.29, 1.82) is 0 Å². The molecule has 3 nitrogen and oxygen atoms in total. The molecule has 1 aliphatic heterocycles. The molecule has 1 N–H and O–H groups in total. The number of carbonyl (C=O) groups is 1. The molecule has 2 aromatic rings. The zero-order chi connectivity index (χ0) is 21.2. The van der Waals surface area contributed by atoms with E-state index in [2.05, 4.69) is 5.32 Å². The fraction of sp³-hybridized carbons (Fsp3) is 0.350. The summed E-state index contributed by atoms with van der Waals surface area (Å²) in [4.78, 5) is 12.0.